The normalized spacial score (nSPS) is 16.1. The van der Waals surface area contributed by atoms with Crippen LogP contribution in [-0.4, -0.2) is 0 Å². The topological polar surface area (TPSA) is 0 Å². The lowest BCUT2D eigenvalue weighted by Crippen LogP contribution is -1.94. The van der Waals surface area contributed by atoms with E-state index < -0.39 is 0 Å². The van der Waals surface area contributed by atoms with Gasteiger partial charge in [-0.2, -0.15) is 0 Å². The molecule has 0 N–H and O–H groups in total. The summed E-state index contributed by atoms with van der Waals surface area (Å²) in [6, 6.07) is 8.83. The third-order valence-electron chi connectivity index (χ3n) is 2.97. The summed E-state index contributed by atoms with van der Waals surface area (Å²) in [5, 5.41) is 0. The molecule has 1 aliphatic rings. The molecule has 0 radical (unpaired) electrons. The van der Waals surface area contributed by atoms with Gasteiger partial charge in [-0.25, -0.2) is 0 Å². The van der Waals surface area contributed by atoms with Crippen LogP contribution in [0.2, 0.25) is 0 Å². The molecule has 0 spiro atoms. The fourth-order valence-corrected chi connectivity index (χ4v) is 2.21. The van der Waals surface area contributed by atoms with Gasteiger partial charge in [0.15, 0.2) is 0 Å². The van der Waals surface area contributed by atoms with E-state index >= 15 is 0 Å². The molecule has 74 valence electrons. The van der Waals surface area contributed by atoms with Crippen LogP contribution in [0, 0.1) is 0 Å². The first-order chi connectivity index (χ1) is 6.79. The maximum atomic E-state index is 2.40. The van der Waals surface area contributed by atoms with Crippen LogP contribution in [0.4, 0.5) is 0 Å². The zero-order valence-corrected chi connectivity index (χ0v) is 9.09. The Labute approximate surface area is 86.7 Å². The molecule has 2 rings (SSSR count). The Balaban J connectivity index is 2.41. The van der Waals surface area contributed by atoms with Crippen molar-refractivity contribution in [3.8, 4) is 0 Å². The van der Waals surface area contributed by atoms with Crippen molar-refractivity contribution in [3.63, 3.8) is 0 Å². The van der Waals surface area contributed by atoms with Gasteiger partial charge in [0.05, 0.1) is 0 Å². The average molecular weight is 186 g/mol. The van der Waals surface area contributed by atoms with E-state index in [0.29, 0.717) is 5.92 Å². The van der Waals surface area contributed by atoms with Gasteiger partial charge in [0.2, 0.25) is 0 Å². The van der Waals surface area contributed by atoms with E-state index in [4.69, 9.17) is 0 Å². The maximum absolute atomic E-state index is 2.40. The van der Waals surface area contributed by atoms with Crippen molar-refractivity contribution < 1.29 is 0 Å². The minimum atomic E-state index is 0.632. The Morgan fingerprint density at radius 2 is 1.93 bits per heavy atom. The Hall–Kier alpha value is -1.04. The molecule has 0 unspecified atom stereocenters. The predicted octanol–water partition coefficient (Wildman–Crippen LogP) is 4.38. The van der Waals surface area contributed by atoms with Crippen LogP contribution in [0.3, 0.4) is 0 Å². The van der Waals surface area contributed by atoms with Gasteiger partial charge in [-0.15, -0.1) is 0 Å². The van der Waals surface area contributed by atoms with Crippen molar-refractivity contribution in [1.29, 1.82) is 0 Å². The summed E-state index contributed by atoms with van der Waals surface area (Å²) < 4.78 is 0. The van der Waals surface area contributed by atoms with Gasteiger partial charge in [0, 0.05) is 0 Å². The zero-order valence-electron chi connectivity index (χ0n) is 9.09. The standard InChI is InChI=1S/C14H18/c1-11(2)13-9-5-6-10-14(13)12-7-3-4-8-12/h5-7,9-11H,3-4,8H2,1-2H3. The first-order valence-electron chi connectivity index (χ1n) is 5.57. The van der Waals surface area contributed by atoms with Gasteiger partial charge in [-0.05, 0) is 41.9 Å². The second-order valence-electron chi connectivity index (χ2n) is 4.36. The quantitative estimate of drug-likeness (QED) is 0.643. The SMILES string of the molecule is CC(C)c1ccccc1C1=CCCC1. The fraction of sp³-hybridized carbons (Fsp3) is 0.429. The van der Waals surface area contributed by atoms with Gasteiger partial charge in [0.25, 0.3) is 0 Å². The lowest BCUT2D eigenvalue weighted by atomic mass is 9.92. The molecule has 14 heavy (non-hydrogen) atoms. The molecule has 0 nitrogen and oxygen atoms in total. The summed E-state index contributed by atoms with van der Waals surface area (Å²) in [6.45, 7) is 4.54. The van der Waals surface area contributed by atoms with Crippen LogP contribution < -0.4 is 0 Å². The molecule has 0 bridgehead atoms. The van der Waals surface area contributed by atoms with E-state index in [9.17, 15) is 0 Å². The molecule has 0 atom stereocenters. The highest BCUT2D eigenvalue weighted by Crippen LogP contribution is 2.32. The van der Waals surface area contributed by atoms with Crippen LogP contribution >= 0.6 is 0 Å². The van der Waals surface area contributed by atoms with Gasteiger partial charge in [-0.1, -0.05) is 44.2 Å². The number of hydrogen-bond donors (Lipinski definition) is 0. The van der Waals surface area contributed by atoms with Crippen LogP contribution in [0.25, 0.3) is 5.57 Å². The Morgan fingerprint density at radius 1 is 1.14 bits per heavy atom. The molecule has 0 aliphatic heterocycles. The second kappa shape index (κ2) is 4.00. The first-order valence-corrected chi connectivity index (χ1v) is 5.57. The lowest BCUT2D eigenvalue weighted by Gasteiger charge is -2.13. The van der Waals surface area contributed by atoms with Crippen molar-refractivity contribution in [1.82, 2.24) is 0 Å². The average Bonchev–Trinajstić information content (AvgIpc) is 2.70. The molecular formula is C14H18. The molecule has 0 aromatic heterocycles. The number of allylic oxidation sites excluding steroid dienone is 2. The van der Waals surface area contributed by atoms with E-state index in [-0.39, 0.29) is 0 Å². The summed E-state index contributed by atoms with van der Waals surface area (Å²) in [7, 11) is 0. The third-order valence-corrected chi connectivity index (χ3v) is 2.97. The molecule has 0 amide bonds. The van der Waals surface area contributed by atoms with Crippen LogP contribution in [0.5, 0.6) is 0 Å². The lowest BCUT2D eigenvalue weighted by molar-refractivity contribution is 0.859. The van der Waals surface area contributed by atoms with Gasteiger partial charge >= 0.3 is 0 Å². The minimum absolute atomic E-state index is 0.632. The fourth-order valence-electron chi connectivity index (χ4n) is 2.21. The van der Waals surface area contributed by atoms with Crippen molar-refractivity contribution in [3.05, 3.63) is 41.5 Å². The second-order valence-corrected chi connectivity index (χ2v) is 4.36. The Morgan fingerprint density at radius 3 is 2.57 bits per heavy atom. The first kappa shape index (κ1) is 9.51. The number of benzene rings is 1. The van der Waals surface area contributed by atoms with Gasteiger partial charge in [0.1, 0.15) is 0 Å². The van der Waals surface area contributed by atoms with E-state index in [1.165, 1.54) is 30.4 Å². The number of hydrogen-bond acceptors (Lipinski definition) is 0. The molecule has 0 fully saturated rings. The molecule has 1 aliphatic carbocycles. The van der Waals surface area contributed by atoms with E-state index in [2.05, 4.69) is 44.2 Å². The Bertz CT molecular complexity index is 345. The molecule has 0 saturated carbocycles. The number of rotatable bonds is 2. The summed E-state index contributed by atoms with van der Waals surface area (Å²) in [6.07, 6.45) is 6.27. The molecule has 0 heterocycles. The largest absolute Gasteiger partial charge is 0.0807 e. The summed E-state index contributed by atoms with van der Waals surface area (Å²) in [5.74, 6) is 0.632. The van der Waals surface area contributed by atoms with Crippen molar-refractivity contribution in [2.45, 2.75) is 39.0 Å². The van der Waals surface area contributed by atoms with Gasteiger partial charge in [-0.3, -0.25) is 0 Å². The highest BCUT2D eigenvalue weighted by Gasteiger charge is 2.12. The van der Waals surface area contributed by atoms with Crippen molar-refractivity contribution >= 4 is 5.57 Å². The van der Waals surface area contributed by atoms with Crippen molar-refractivity contribution in [2.75, 3.05) is 0 Å². The zero-order chi connectivity index (χ0) is 9.97. The summed E-state index contributed by atoms with van der Waals surface area (Å²) in [4.78, 5) is 0. The monoisotopic (exact) mass is 186 g/mol. The van der Waals surface area contributed by atoms with E-state index in [0.717, 1.165) is 0 Å². The minimum Gasteiger partial charge on any atom is -0.0807 e. The molecule has 0 saturated heterocycles. The molecule has 1 aromatic carbocycles. The van der Waals surface area contributed by atoms with Crippen LogP contribution in [0.15, 0.2) is 30.3 Å². The van der Waals surface area contributed by atoms with Gasteiger partial charge < -0.3 is 0 Å². The molecule has 1 aromatic rings. The van der Waals surface area contributed by atoms with E-state index in [1.54, 1.807) is 5.57 Å². The smallest absolute Gasteiger partial charge is 0.0193 e. The highest BCUT2D eigenvalue weighted by molar-refractivity contribution is 5.70. The summed E-state index contributed by atoms with van der Waals surface area (Å²) >= 11 is 0. The van der Waals surface area contributed by atoms with Crippen LogP contribution in [-0.2, 0) is 0 Å². The highest BCUT2D eigenvalue weighted by atomic mass is 14.2. The predicted molar refractivity (Wildman–Crippen MR) is 62.4 cm³/mol. The summed E-state index contributed by atoms with van der Waals surface area (Å²) in [5.41, 5.74) is 4.55. The van der Waals surface area contributed by atoms with E-state index in [1.807, 2.05) is 0 Å². The maximum Gasteiger partial charge on any atom is -0.0193 e. The van der Waals surface area contributed by atoms with Crippen LogP contribution in [0.1, 0.15) is 50.2 Å². The molecule has 0 heteroatoms. The Kier molecular flexibility index (Phi) is 2.72. The van der Waals surface area contributed by atoms with Crippen molar-refractivity contribution in [2.24, 2.45) is 0 Å². The third kappa shape index (κ3) is 1.75. The molecular weight excluding hydrogens is 168 g/mol.